The normalized spacial score (nSPS) is 21.2. The topological polar surface area (TPSA) is 37.4 Å². The number of piperazine rings is 1. The maximum atomic E-state index is 5.33. The number of methoxy groups -OCH3 is 1. The second-order valence-corrected chi connectivity index (χ2v) is 5.16. The Bertz CT molecular complexity index is 381. The highest BCUT2D eigenvalue weighted by atomic mass is 16.5. The second kappa shape index (κ2) is 6.16. The van der Waals surface area contributed by atoms with Gasteiger partial charge in [0.2, 0.25) is 5.88 Å². The van der Waals surface area contributed by atoms with Gasteiger partial charge in [-0.15, -0.1) is 0 Å². The molecule has 0 aromatic carbocycles. The molecule has 1 aliphatic rings. The van der Waals surface area contributed by atoms with Crippen LogP contribution in [-0.2, 0) is 6.54 Å². The molecule has 0 saturated carbocycles. The first-order valence-corrected chi connectivity index (χ1v) is 6.65. The highest BCUT2D eigenvalue weighted by molar-refractivity contribution is 5.25. The zero-order valence-corrected chi connectivity index (χ0v) is 11.5. The Hall–Kier alpha value is -1.13. The van der Waals surface area contributed by atoms with Crippen LogP contribution in [0.4, 0.5) is 0 Å². The lowest BCUT2D eigenvalue weighted by Crippen LogP contribution is -2.53. The van der Waals surface area contributed by atoms with Gasteiger partial charge in [0.05, 0.1) is 7.11 Å². The van der Waals surface area contributed by atoms with Crippen molar-refractivity contribution in [3.8, 4) is 5.88 Å². The summed E-state index contributed by atoms with van der Waals surface area (Å²) in [5.74, 6) is 1.40. The lowest BCUT2D eigenvalue weighted by atomic mass is 10.00. The van der Waals surface area contributed by atoms with Gasteiger partial charge in [-0.1, -0.05) is 19.9 Å². The van der Waals surface area contributed by atoms with Crippen molar-refractivity contribution in [2.24, 2.45) is 5.92 Å². The maximum Gasteiger partial charge on any atom is 0.217 e. The van der Waals surface area contributed by atoms with Crippen LogP contribution in [0.25, 0.3) is 0 Å². The Morgan fingerprint density at radius 1 is 1.56 bits per heavy atom. The van der Waals surface area contributed by atoms with Gasteiger partial charge >= 0.3 is 0 Å². The van der Waals surface area contributed by atoms with Gasteiger partial charge in [0.15, 0.2) is 0 Å². The van der Waals surface area contributed by atoms with E-state index in [-0.39, 0.29) is 0 Å². The average molecular weight is 249 g/mol. The second-order valence-electron chi connectivity index (χ2n) is 5.16. The van der Waals surface area contributed by atoms with Crippen LogP contribution in [0.5, 0.6) is 5.88 Å². The first kappa shape index (κ1) is 13.3. The zero-order valence-electron chi connectivity index (χ0n) is 11.5. The van der Waals surface area contributed by atoms with E-state index in [0.717, 1.165) is 32.1 Å². The number of aromatic nitrogens is 1. The average Bonchev–Trinajstić information content (AvgIpc) is 2.40. The van der Waals surface area contributed by atoms with Gasteiger partial charge in [-0.2, -0.15) is 0 Å². The molecule has 0 spiro atoms. The highest BCUT2D eigenvalue weighted by Crippen LogP contribution is 2.20. The van der Waals surface area contributed by atoms with Crippen molar-refractivity contribution in [1.82, 2.24) is 15.2 Å². The minimum atomic E-state index is 0.587. The molecular formula is C14H23N3O. The van der Waals surface area contributed by atoms with Crippen LogP contribution in [0.1, 0.15) is 19.4 Å². The molecule has 1 atom stereocenters. The van der Waals surface area contributed by atoms with E-state index < -0.39 is 0 Å². The fourth-order valence-corrected chi connectivity index (χ4v) is 2.57. The Balaban J connectivity index is 2.11. The van der Waals surface area contributed by atoms with E-state index in [1.807, 2.05) is 6.07 Å². The third kappa shape index (κ3) is 3.00. The molecule has 1 aromatic heterocycles. The number of pyridine rings is 1. The Labute approximate surface area is 109 Å². The Kier molecular flexibility index (Phi) is 4.55. The minimum absolute atomic E-state index is 0.587. The molecule has 4 heteroatoms. The van der Waals surface area contributed by atoms with Crippen LogP contribution in [0, 0.1) is 5.92 Å². The molecule has 1 fully saturated rings. The van der Waals surface area contributed by atoms with Gasteiger partial charge in [-0.25, -0.2) is 4.98 Å². The molecule has 1 unspecified atom stereocenters. The van der Waals surface area contributed by atoms with Gasteiger partial charge in [0.1, 0.15) is 0 Å². The molecule has 1 aromatic rings. The first-order valence-electron chi connectivity index (χ1n) is 6.65. The van der Waals surface area contributed by atoms with Crippen molar-refractivity contribution >= 4 is 0 Å². The smallest absolute Gasteiger partial charge is 0.217 e. The van der Waals surface area contributed by atoms with Crippen LogP contribution in [0.2, 0.25) is 0 Å². The number of nitrogens with zero attached hydrogens (tertiary/aromatic N) is 2. The van der Waals surface area contributed by atoms with Crippen molar-refractivity contribution in [2.75, 3.05) is 26.7 Å². The number of nitrogens with one attached hydrogen (secondary N) is 1. The van der Waals surface area contributed by atoms with Crippen molar-refractivity contribution < 1.29 is 4.74 Å². The van der Waals surface area contributed by atoms with Crippen molar-refractivity contribution in [1.29, 1.82) is 0 Å². The monoisotopic (exact) mass is 249 g/mol. The van der Waals surface area contributed by atoms with Crippen LogP contribution in [-0.4, -0.2) is 42.7 Å². The quantitative estimate of drug-likeness (QED) is 0.878. The van der Waals surface area contributed by atoms with Crippen molar-refractivity contribution in [2.45, 2.75) is 26.4 Å². The summed E-state index contributed by atoms with van der Waals surface area (Å²) < 4.78 is 5.33. The summed E-state index contributed by atoms with van der Waals surface area (Å²) in [4.78, 5) is 6.80. The summed E-state index contributed by atoms with van der Waals surface area (Å²) in [5, 5.41) is 3.47. The molecule has 0 amide bonds. The molecule has 2 heterocycles. The fraction of sp³-hybridized carbons (Fsp3) is 0.643. The lowest BCUT2D eigenvalue weighted by Gasteiger charge is -2.38. The molecule has 0 aliphatic carbocycles. The van der Waals surface area contributed by atoms with Crippen LogP contribution in [0.3, 0.4) is 0 Å². The zero-order chi connectivity index (χ0) is 13.0. The molecule has 1 saturated heterocycles. The van der Waals surface area contributed by atoms with Gasteiger partial charge in [-0.3, -0.25) is 4.90 Å². The summed E-state index contributed by atoms with van der Waals surface area (Å²) in [6.07, 6.45) is 1.78. The SMILES string of the molecule is COc1ncccc1CN1CCNCC1C(C)C. The standard InChI is InChI=1S/C14H23N3O/c1-11(2)13-9-15-7-8-17(13)10-12-5-4-6-16-14(12)18-3/h4-6,11,13,15H,7-10H2,1-3H3. The van der Waals surface area contributed by atoms with E-state index in [9.17, 15) is 0 Å². The fourth-order valence-electron chi connectivity index (χ4n) is 2.57. The van der Waals surface area contributed by atoms with Gasteiger partial charge in [-0.05, 0) is 12.0 Å². The summed E-state index contributed by atoms with van der Waals surface area (Å²) in [6.45, 7) is 8.70. The van der Waals surface area contributed by atoms with E-state index in [1.165, 1.54) is 5.56 Å². The summed E-state index contributed by atoms with van der Waals surface area (Å²) >= 11 is 0. The van der Waals surface area contributed by atoms with E-state index >= 15 is 0 Å². The van der Waals surface area contributed by atoms with Crippen molar-refractivity contribution in [3.05, 3.63) is 23.9 Å². The van der Waals surface area contributed by atoms with Crippen molar-refractivity contribution in [3.63, 3.8) is 0 Å². The van der Waals surface area contributed by atoms with E-state index in [0.29, 0.717) is 12.0 Å². The molecule has 0 radical (unpaired) electrons. The molecule has 18 heavy (non-hydrogen) atoms. The molecule has 4 nitrogen and oxygen atoms in total. The third-order valence-corrected chi connectivity index (χ3v) is 3.58. The molecule has 1 aliphatic heterocycles. The van der Waals surface area contributed by atoms with Gasteiger partial charge < -0.3 is 10.1 Å². The summed E-state index contributed by atoms with van der Waals surface area (Å²) in [7, 11) is 1.68. The number of rotatable bonds is 4. The molecule has 100 valence electrons. The highest BCUT2D eigenvalue weighted by Gasteiger charge is 2.25. The summed E-state index contributed by atoms with van der Waals surface area (Å²) in [5.41, 5.74) is 1.17. The maximum absolute atomic E-state index is 5.33. The van der Waals surface area contributed by atoms with E-state index in [2.05, 4.69) is 35.1 Å². The third-order valence-electron chi connectivity index (χ3n) is 3.58. The summed E-state index contributed by atoms with van der Waals surface area (Å²) in [6, 6.07) is 4.67. The van der Waals surface area contributed by atoms with Gasteiger partial charge in [0, 0.05) is 44.0 Å². The first-order chi connectivity index (χ1) is 8.72. The van der Waals surface area contributed by atoms with Gasteiger partial charge in [0.25, 0.3) is 0 Å². The Morgan fingerprint density at radius 3 is 3.11 bits per heavy atom. The van der Waals surface area contributed by atoms with E-state index in [4.69, 9.17) is 4.74 Å². The predicted molar refractivity (Wildman–Crippen MR) is 72.7 cm³/mol. The van der Waals surface area contributed by atoms with Crippen LogP contribution < -0.4 is 10.1 Å². The lowest BCUT2D eigenvalue weighted by molar-refractivity contribution is 0.116. The largest absolute Gasteiger partial charge is 0.481 e. The minimum Gasteiger partial charge on any atom is -0.481 e. The predicted octanol–water partition coefficient (Wildman–Crippen LogP) is 1.52. The number of hydrogen-bond donors (Lipinski definition) is 1. The molecule has 1 N–H and O–H groups in total. The number of hydrogen-bond acceptors (Lipinski definition) is 4. The van der Waals surface area contributed by atoms with E-state index in [1.54, 1.807) is 13.3 Å². The number of ether oxygens (including phenoxy) is 1. The molecule has 0 bridgehead atoms. The molecular weight excluding hydrogens is 226 g/mol. The van der Waals surface area contributed by atoms with Crippen LogP contribution in [0.15, 0.2) is 18.3 Å². The Morgan fingerprint density at radius 2 is 2.39 bits per heavy atom. The molecule has 2 rings (SSSR count). The van der Waals surface area contributed by atoms with Crippen LogP contribution >= 0.6 is 0 Å².